The average Bonchev–Trinajstić information content (AvgIpc) is 3.36. The van der Waals surface area contributed by atoms with Crippen LogP contribution in [0.25, 0.3) is 10.9 Å². The van der Waals surface area contributed by atoms with Crippen molar-refractivity contribution in [1.82, 2.24) is 9.97 Å². The number of aliphatic hydroxyl groups is 3. The standard InChI is InChI=1S/C27H30F3N3O4/c1-14(17-4-3-5-20(22(17)28)27(29,30)13-34)31-25-19-12-21(26(36)9-6-16(35)7-10-26)24-18(8-11-37-24)23(19)32-15(2)33-25/h3-5,12,14,16,34-36H,6-11,13H2,1-2H3,(H,31,32,33)/t14-,16-,26-/m1/s1. The van der Waals surface area contributed by atoms with E-state index in [1.807, 2.05) is 0 Å². The van der Waals surface area contributed by atoms with Crippen LogP contribution in [0, 0.1) is 12.7 Å². The quantitative estimate of drug-likeness (QED) is 0.384. The fourth-order valence-electron chi connectivity index (χ4n) is 5.42. The van der Waals surface area contributed by atoms with Gasteiger partial charge in [0.2, 0.25) is 0 Å². The topological polar surface area (TPSA) is 108 Å². The Kier molecular flexibility index (Phi) is 6.54. The Bertz CT molecular complexity index is 1340. The van der Waals surface area contributed by atoms with E-state index in [0.717, 1.165) is 11.6 Å². The van der Waals surface area contributed by atoms with Gasteiger partial charge >= 0.3 is 0 Å². The molecule has 2 heterocycles. The Balaban J connectivity index is 1.60. The number of halogens is 3. The van der Waals surface area contributed by atoms with Crippen molar-refractivity contribution < 1.29 is 33.2 Å². The van der Waals surface area contributed by atoms with Gasteiger partial charge in [-0.2, -0.15) is 8.78 Å². The number of nitrogens with zero attached hydrogens (tertiary/aromatic N) is 2. The third-order valence-electron chi connectivity index (χ3n) is 7.47. The largest absolute Gasteiger partial charge is 0.492 e. The summed E-state index contributed by atoms with van der Waals surface area (Å²) < 4.78 is 49.3. The van der Waals surface area contributed by atoms with E-state index in [4.69, 9.17) is 9.84 Å². The maximum Gasteiger partial charge on any atom is 0.298 e. The van der Waals surface area contributed by atoms with Crippen molar-refractivity contribution in [2.75, 3.05) is 18.5 Å². The summed E-state index contributed by atoms with van der Waals surface area (Å²) >= 11 is 0. The minimum Gasteiger partial charge on any atom is -0.492 e. The molecule has 2 aliphatic rings. The second kappa shape index (κ2) is 9.41. The molecule has 198 valence electrons. The van der Waals surface area contributed by atoms with Crippen LogP contribution in [0.15, 0.2) is 24.3 Å². The molecule has 0 bridgehead atoms. The van der Waals surface area contributed by atoms with Gasteiger partial charge in [-0.3, -0.25) is 0 Å². The summed E-state index contributed by atoms with van der Waals surface area (Å²) in [5.41, 5.74) is 0.0520. The van der Waals surface area contributed by atoms with Crippen molar-refractivity contribution in [1.29, 1.82) is 0 Å². The molecular formula is C27H30F3N3O4. The van der Waals surface area contributed by atoms with Crippen LogP contribution < -0.4 is 10.1 Å². The molecule has 2 aromatic carbocycles. The normalized spacial score (nSPS) is 22.5. The molecule has 7 nitrogen and oxygen atoms in total. The number of anilines is 1. The Morgan fingerprint density at radius 3 is 2.68 bits per heavy atom. The highest BCUT2D eigenvalue weighted by atomic mass is 19.3. The summed E-state index contributed by atoms with van der Waals surface area (Å²) in [6.07, 6.45) is 1.81. The van der Waals surface area contributed by atoms with Gasteiger partial charge in [-0.1, -0.05) is 12.1 Å². The highest BCUT2D eigenvalue weighted by molar-refractivity contribution is 5.94. The Morgan fingerprint density at radius 2 is 1.97 bits per heavy atom. The van der Waals surface area contributed by atoms with E-state index in [0.29, 0.717) is 72.6 Å². The first-order valence-corrected chi connectivity index (χ1v) is 12.5. The summed E-state index contributed by atoms with van der Waals surface area (Å²) in [7, 11) is 0. The van der Waals surface area contributed by atoms with Crippen LogP contribution in [0.3, 0.4) is 0 Å². The van der Waals surface area contributed by atoms with Crippen molar-refractivity contribution in [3.63, 3.8) is 0 Å². The number of fused-ring (bicyclic) bond motifs is 3. The van der Waals surface area contributed by atoms with Crippen LogP contribution >= 0.6 is 0 Å². The lowest BCUT2D eigenvalue weighted by Crippen LogP contribution is -2.33. The smallest absolute Gasteiger partial charge is 0.298 e. The molecule has 0 unspecified atom stereocenters. The number of aromatic nitrogens is 2. The molecule has 1 aromatic heterocycles. The number of rotatable bonds is 6. The summed E-state index contributed by atoms with van der Waals surface area (Å²) in [5.74, 6) is -3.36. The lowest BCUT2D eigenvalue weighted by molar-refractivity contribution is -0.0583. The lowest BCUT2D eigenvalue weighted by Gasteiger charge is -2.35. The number of alkyl halides is 2. The number of aryl methyl sites for hydroxylation is 1. The van der Waals surface area contributed by atoms with Gasteiger partial charge in [-0.25, -0.2) is 14.4 Å². The van der Waals surface area contributed by atoms with Crippen molar-refractivity contribution in [3.05, 3.63) is 58.2 Å². The van der Waals surface area contributed by atoms with Gasteiger partial charge in [0.1, 0.15) is 29.8 Å². The Hall–Kier alpha value is -2.95. The molecule has 0 saturated heterocycles. The number of hydrogen-bond donors (Lipinski definition) is 4. The first kappa shape index (κ1) is 25.7. The van der Waals surface area contributed by atoms with Crippen LogP contribution in [0.5, 0.6) is 5.75 Å². The predicted octanol–water partition coefficient (Wildman–Crippen LogP) is 4.39. The fraction of sp³-hybridized carbons (Fsp3) is 0.481. The van der Waals surface area contributed by atoms with Crippen LogP contribution in [-0.4, -0.2) is 44.6 Å². The number of aliphatic hydroxyl groups excluding tert-OH is 2. The molecule has 37 heavy (non-hydrogen) atoms. The van der Waals surface area contributed by atoms with E-state index in [9.17, 15) is 19.0 Å². The molecule has 10 heteroatoms. The molecule has 1 saturated carbocycles. The van der Waals surface area contributed by atoms with Crippen molar-refractivity contribution in [2.24, 2.45) is 0 Å². The molecule has 5 rings (SSSR count). The predicted molar refractivity (Wildman–Crippen MR) is 131 cm³/mol. The summed E-state index contributed by atoms with van der Waals surface area (Å²) in [6.45, 7) is 2.31. The summed E-state index contributed by atoms with van der Waals surface area (Å²) in [4.78, 5) is 9.17. The van der Waals surface area contributed by atoms with Gasteiger partial charge in [0.05, 0.1) is 35.4 Å². The minimum atomic E-state index is -3.71. The van der Waals surface area contributed by atoms with Crippen LogP contribution in [0.1, 0.15) is 66.7 Å². The molecule has 1 atom stereocenters. The molecular weight excluding hydrogens is 487 g/mol. The van der Waals surface area contributed by atoms with E-state index in [-0.39, 0.29) is 5.56 Å². The van der Waals surface area contributed by atoms with E-state index < -0.39 is 41.7 Å². The van der Waals surface area contributed by atoms with Gasteiger partial charge in [-0.05, 0) is 51.7 Å². The van der Waals surface area contributed by atoms with Gasteiger partial charge in [0.15, 0.2) is 0 Å². The lowest BCUT2D eigenvalue weighted by atomic mass is 9.77. The highest BCUT2D eigenvalue weighted by Gasteiger charge is 2.40. The van der Waals surface area contributed by atoms with E-state index in [1.165, 1.54) is 12.1 Å². The summed E-state index contributed by atoms with van der Waals surface area (Å²) in [6, 6.07) is 4.73. The van der Waals surface area contributed by atoms with Crippen LogP contribution in [0.4, 0.5) is 19.0 Å². The maximum atomic E-state index is 15.1. The van der Waals surface area contributed by atoms with Gasteiger partial charge < -0.3 is 25.4 Å². The van der Waals surface area contributed by atoms with Gasteiger partial charge in [0.25, 0.3) is 5.92 Å². The van der Waals surface area contributed by atoms with E-state index in [2.05, 4.69) is 15.3 Å². The first-order chi connectivity index (χ1) is 17.5. The van der Waals surface area contributed by atoms with Crippen molar-refractivity contribution in [3.8, 4) is 5.75 Å². The zero-order valence-corrected chi connectivity index (χ0v) is 20.7. The second-order valence-corrected chi connectivity index (χ2v) is 10.0. The Labute approximate surface area is 212 Å². The SMILES string of the molecule is Cc1nc(N[C@H](C)c2cccc(C(F)(F)CO)c2F)c2cc([C@]3(O)CC[C@H](O)CC3)c3c(c2n1)CCO3. The third kappa shape index (κ3) is 4.51. The molecule has 4 N–H and O–H groups in total. The summed E-state index contributed by atoms with van der Waals surface area (Å²) in [5, 5.41) is 34.3. The molecule has 1 aliphatic heterocycles. The van der Waals surface area contributed by atoms with E-state index in [1.54, 1.807) is 19.9 Å². The molecule has 0 radical (unpaired) electrons. The second-order valence-electron chi connectivity index (χ2n) is 10.0. The first-order valence-electron chi connectivity index (χ1n) is 12.5. The molecule has 1 fully saturated rings. The number of ether oxygens (including phenoxy) is 1. The van der Waals surface area contributed by atoms with Crippen molar-refractivity contribution in [2.45, 2.75) is 69.6 Å². The molecule has 0 amide bonds. The molecule has 0 spiro atoms. The number of nitrogens with one attached hydrogen (secondary N) is 1. The van der Waals surface area contributed by atoms with Gasteiger partial charge in [0, 0.05) is 28.5 Å². The average molecular weight is 518 g/mol. The maximum absolute atomic E-state index is 15.1. The zero-order valence-electron chi connectivity index (χ0n) is 20.7. The van der Waals surface area contributed by atoms with Crippen LogP contribution in [0.2, 0.25) is 0 Å². The highest BCUT2D eigenvalue weighted by Crippen LogP contribution is 2.47. The minimum absolute atomic E-state index is 0.000321. The van der Waals surface area contributed by atoms with E-state index >= 15 is 4.39 Å². The zero-order chi connectivity index (χ0) is 26.5. The number of hydrogen-bond acceptors (Lipinski definition) is 7. The third-order valence-corrected chi connectivity index (χ3v) is 7.47. The Morgan fingerprint density at radius 1 is 1.24 bits per heavy atom. The molecule has 1 aliphatic carbocycles. The fourth-order valence-corrected chi connectivity index (χ4v) is 5.42. The van der Waals surface area contributed by atoms with Crippen molar-refractivity contribution >= 4 is 16.7 Å². The van der Waals surface area contributed by atoms with Crippen LogP contribution in [-0.2, 0) is 17.9 Å². The number of benzene rings is 2. The molecule has 3 aromatic rings. The van der Waals surface area contributed by atoms with Gasteiger partial charge in [-0.15, -0.1) is 0 Å². The monoisotopic (exact) mass is 517 g/mol.